The average molecular weight is 194 g/mol. The zero-order valence-electron chi connectivity index (χ0n) is 8.90. The number of rotatable bonds is 5. The summed E-state index contributed by atoms with van der Waals surface area (Å²) in [6.07, 6.45) is 4.66. The molecule has 0 aliphatic rings. The Morgan fingerprint density at radius 2 is 2.07 bits per heavy atom. The largest absolute Gasteiger partial charge is 0.356 e. The molecular weight excluding hydrogens is 176 g/mol. The first-order valence-corrected chi connectivity index (χ1v) is 5.07. The highest BCUT2D eigenvalue weighted by molar-refractivity contribution is 5.35. The predicted octanol–water partition coefficient (Wildman–Crippen LogP) is 1.17. The molecule has 0 radical (unpaired) electrons. The lowest BCUT2D eigenvalue weighted by Gasteiger charge is -2.20. The summed E-state index contributed by atoms with van der Waals surface area (Å²) < 4.78 is 0. The van der Waals surface area contributed by atoms with E-state index in [0.717, 1.165) is 31.0 Å². The molecule has 1 rings (SSSR count). The first-order valence-electron chi connectivity index (χ1n) is 5.07. The molecule has 0 aliphatic heterocycles. The van der Waals surface area contributed by atoms with Crippen molar-refractivity contribution in [1.82, 2.24) is 9.97 Å². The summed E-state index contributed by atoms with van der Waals surface area (Å²) in [5, 5.41) is 0. The minimum Gasteiger partial charge on any atom is -0.356 e. The molecular formula is C10H18N4. The molecule has 1 aromatic heterocycles. The minimum absolute atomic E-state index is 0.452. The van der Waals surface area contributed by atoms with Crippen LogP contribution < -0.4 is 10.6 Å². The maximum Gasteiger partial charge on any atom is 0.147 e. The van der Waals surface area contributed by atoms with Crippen LogP contribution in [0.25, 0.3) is 0 Å². The van der Waals surface area contributed by atoms with Gasteiger partial charge in [0.05, 0.1) is 18.1 Å². The number of nitrogens with zero attached hydrogens (tertiary/aromatic N) is 3. The second-order valence-electron chi connectivity index (χ2n) is 3.15. The molecule has 4 nitrogen and oxygen atoms in total. The van der Waals surface area contributed by atoms with Crippen LogP contribution >= 0.6 is 0 Å². The molecule has 0 spiro atoms. The molecule has 14 heavy (non-hydrogen) atoms. The fourth-order valence-electron chi connectivity index (χ4n) is 1.32. The van der Waals surface area contributed by atoms with E-state index in [1.54, 1.807) is 12.4 Å². The summed E-state index contributed by atoms with van der Waals surface area (Å²) in [6, 6.07) is 0. The van der Waals surface area contributed by atoms with Crippen molar-refractivity contribution in [2.24, 2.45) is 5.73 Å². The molecule has 0 amide bonds. The van der Waals surface area contributed by atoms with Crippen molar-refractivity contribution < 1.29 is 0 Å². The molecule has 1 heterocycles. The zero-order valence-corrected chi connectivity index (χ0v) is 8.90. The molecule has 4 heteroatoms. The molecule has 0 saturated heterocycles. The molecule has 0 fully saturated rings. The molecule has 78 valence electrons. The maximum atomic E-state index is 5.45. The van der Waals surface area contributed by atoms with E-state index < -0.39 is 0 Å². The van der Waals surface area contributed by atoms with Crippen molar-refractivity contribution in [3.05, 3.63) is 18.1 Å². The number of hydrogen-bond donors (Lipinski definition) is 1. The number of hydrogen-bond acceptors (Lipinski definition) is 4. The van der Waals surface area contributed by atoms with Crippen LogP contribution in [0.3, 0.4) is 0 Å². The lowest BCUT2D eigenvalue weighted by atomic mass is 10.4. The Morgan fingerprint density at radius 3 is 2.50 bits per heavy atom. The van der Waals surface area contributed by atoms with Crippen molar-refractivity contribution >= 4 is 5.82 Å². The smallest absolute Gasteiger partial charge is 0.147 e. The van der Waals surface area contributed by atoms with E-state index in [2.05, 4.69) is 28.7 Å². The monoisotopic (exact) mass is 194 g/mol. The Morgan fingerprint density at radius 1 is 1.29 bits per heavy atom. The van der Waals surface area contributed by atoms with E-state index in [9.17, 15) is 0 Å². The Hall–Kier alpha value is -1.16. The van der Waals surface area contributed by atoms with Crippen LogP contribution in [-0.4, -0.2) is 23.1 Å². The van der Waals surface area contributed by atoms with E-state index in [-0.39, 0.29) is 0 Å². The summed E-state index contributed by atoms with van der Waals surface area (Å²) in [6.45, 7) is 6.71. The fraction of sp³-hybridized carbons (Fsp3) is 0.600. The van der Waals surface area contributed by atoms with Gasteiger partial charge in [-0.25, -0.2) is 4.98 Å². The predicted molar refractivity (Wildman–Crippen MR) is 58.1 cm³/mol. The van der Waals surface area contributed by atoms with E-state index in [1.165, 1.54) is 0 Å². The summed E-state index contributed by atoms with van der Waals surface area (Å²) in [7, 11) is 0. The first-order chi connectivity index (χ1) is 6.81. The SMILES string of the molecule is CCCN(CC)c1cnc(CN)cn1. The third kappa shape index (κ3) is 2.67. The highest BCUT2D eigenvalue weighted by Gasteiger charge is 2.04. The van der Waals surface area contributed by atoms with Gasteiger partial charge in [-0.1, -0.05) is 6.92 Å². The average Bonchev–Trinajstić information content (AvgIpc) is 2.26. The van der Waals surface area contributed by atoms with Gasteiger partial charge >= 0.3 is 0 Å². The molecule has 2 N–H and O–H groups in total. The Bertz CT molecular complexity index is 257. The molecule has 0 bridgehead atoms. The van der Waals surface area contributed by atoms with Crippen LogP contribution in [0, 0.1) is 0 Å². The Labute approximate surface area is 85.2 Å². The summed E-state index contributed by atoms with van der Waals surface area (Å²) in [5.41, 5.74) is 6.29. The van der Waals surface area contributed by atoms with Gasteiger partial charge in [0, 0.05) is 19.6 Å². The Balaban J connectivity index is 2.73. The molecule has 0 aromatic carbocycles. The highest BCUT2D eigenvalue weighted by Crippen LogP contribution is 2.08. The minimum atomic E-state index is 0.452. The zero-order chi connectivity index (χ0) is 10.4. The summed E-state index contributed by atoms with van der Waals surface area (Å²) in [5.74, 6) is 0.937. The third-order valence-electron chi connectivity index (χ3n) is 2.10. The third-order valence-corrected chi connectivity index (χ3v) is 2.10. The number of aromatic nitrogens is 2. The lowest BCUT2D eigenvalue weighted by Crippen LogP contribution is -2.24. The standard InChI is InChI=1S/C10H18N4/c1-3-5-14(4-2)10-8-12-9(6-11)7-13-10/h7-8H,3-6,11H2,1-2H3. The van der Waals surface area contributed by atoms with E-state index in [4.69, 9.17) is 5.73 Å². The topological polar surface area (TPSA) is 55.0 Å². The van der Waals surface area contributed by atoms with Crippen molar-refractivity contribution in [1.29, 1.82) is 0 Å². The van der Waals surface area contributed by atoms with Crippen LogP contribution in [0.4, 0.5) is 5.82 Å². The normalized spacial score (nSPS) is 10.2. The van der Waals surface area contributed by atoms with Crippen LogP contribution in [0.15, 0.2) is 12.4 Å². The van der Waals surface area contributed by atoms with Gasteiger partial charge in [0.25, 0.3) is 0 Å². The number of anilines is 1. The van der Waals surface area contributed by atoms with Crippen molar-refractivity contribution in [3.8, 4) is 0 Å². The second-order valence-corrected chi connectivity index (χ2v) is 3.15. The van der Waals surface area contributed by atoms with E-state index >= 15 is 0 Å². The van der Waals surface area contributed by atoms with Gasteiger partial charge in [-0.3, -0.25) is 4.98 Å². The summed E-state index contributed by atoms with van der Waals surface area (Å²) in [4.78, 5) is 10.7. The quantitative estimate of drug-likeness (QED) is 0.764. The van der Waals surface area contributed by atoms with Crippen molar-refractivity contribution in [2.45, 2.75) is 26.8 Å². The number of nitrogens with two attached hydrogens (primary N) is 1. The van der Waals surface area contributed by atoms with Gasteiger partial charge < -0.3 is 10.6 Å². The van der Waals surface area contributed by atoms with Gasteiger partial charge in [-0.05, 0) is 13.3 Å². The maximum absolute atomic E-state index is 5.45. The van der Waals surface area contributed by atoms with E-state index in [1.807, 2.05) is 0 Å². The van der Waals surface area contributed by atoms with Gasteiger partial charge in [0.2, 0.25) is 0 Å². The van der Waals surface area contributed by atoms with Crippen LogP contribution in [0.2, 0.25) is 0 Å². The van der Waals surface area contributed by atoms with E-state index in [0.29, 0.717) is 6.54 Å². The lowest BCUT2D eigenvalue weighted by molar-refractivity contribution is 0.772. The Kier molecular flexibility index (Phi) is 4.32. The van der Waals surface area contributed by atoms with Gasteiger partial charge in [-0.2, -0.15) is 0 Å². The molecule has 1 aromatic rings. The first kappa shape index (κ1) is 10.9. The van der Waals surface area contributed by atoms with Crippen LogP contribution in [-0.2, 0) is 6.54 Å². The van der Waals surface area contributed by atoms with Gasteiger partial charge in [0.1, 0.15) is 5.82 Å². The highest BCUT2D eigenvalue weighted by atomic mass is 15.2. The van der Waals surface area contributed by atoms with Crippen LogP contribution in [0.1, 0.15) is 26.0 Å². The fourth-order valence-corrected chi connectivity index (χ4v) is 1.32. The summed E-state index contributed by atoms with van der Waals surface area (Å²) >= 11 is 0. The molecule has 0 unspecified atom stereocenters. The van der Waals surface area contributed by atoms with Crippen molar-refractivity contribution in [2.75, 3.05) is 18.0 Å². The molecule has 0 saturated carbocycles. The molecule has 0 atom stereocenters. The van der Waals surface area contributed by atoms with Crippen LogP contribution in [0.5, 0.6) is 0 Å². The second kappa shape index (κ2) is 5.54. The molecule has 0 aliphatic carbocycles. The van der Waals surface area contributed by atoms with Crippen molar-refractivity contribution in [3.63, 3.8) is 0 Å². The van der Waals surface area contributed by atoms with Gasteiger partial charge in [-0.15, -0.1) is 0 Å². The van der Waals surface area contributed by atoms with Gasteiger partial charge in [0.15, 0.2) is 0 Å².